The fourth-order valence-corrected chi connectivity index (χ4v) is 8.33. The first-order valence-electron chi connectivity index (χ1n) is 13.6. The van der Waals surface area contributed by atoms with Crippen LogP contribution in [-0.4, -0.2) is 4.57 Å². The highest BCUT2D eigenvalue weighted by Crippen LogP contribution is 2.55. The van der Waals surface area contributed by atoms with Gasteiger partial charge < -0.3 is 0 Å². The first-order valence-corrected chi connectivity index (χ1v) is 14.4. The quantitative estimate of drug-likeness (QED) is 0.210. The Labute approximate surface area is 232 Å². The molecule has 0 saturated heterocycles. The van der Waals surface area contributed by atoms with Gasteiger partial charge in [0.1, 0.15) is 5.69 Å². The molecule has 1 spiro atoms. The van der Waals surface area contributed by atoms with Crippen molar-refractivity contribution >= 4 is 22.8 Å². The summed E-state index contributed by atoms with van der Waals surface area (Å²) in [7, 11) is 0. The molecule has 0 radical (unpaired) electrons. The van der Waals surface area contributed by atoms with Crippen molar-refractivity contribution in [2.24, 2.45) is 0 Å². The number of nitrogens with zero attached hydrogens (tertiary/aromatic N) is 3. The molecule has 4 heteroatoms. The van der Waals surface area contributed by atoms with Crippen LogP contribution < -0.4 is 9.13 Å². The topological polar surface area (TPSA) is 12.7 Å². The molecule has 0 N–H and O–H groups in total. The van der Waals surface area contributed by atoms with Crippen LogP contribution in [-0.2, 0) is 11.0 Å². The number of benzene rings is 4. The number of hydrogen-bond acceptors (Lipinski definition) is 1. The number of fused-ring (bicyclic) bond motifs is 7. The van der Waals surface area contributed by atoms with E-state index in [0.717, 1.165) is 0 Å². The molecule has 3 aliphatic rings. The van der Waals surface area contributed by atoms with E-state index in [-0.39, 0.29) is 5.41 Å². The molecule has 0 fully saturated rings. The van der Waals surface area contributed by atoms with E-state index in [1.165, 1.54) is 66.0 Å². The molecule has 1 atom stereocenters. The van der Waals surface area contributed by atoms with Crippen LogP contribution in [0.2, 0.25) is 0 Å². The average Bonchev–Trinajstić information content (AvgIpc) is 3.56. The van der Waals surface area contributed by atoms with Gasteiger partial charge in [0.25, 0.3) is 0 Å². The van der Waals surface area contributed by atoms with Gasteiger partial charge in [-0.2, -0.15) is 13.7 Å². The van der Waals surface area contributed by atoms with Gasteiger partial charge in [-0.05, 0) is 59.5 Å². The number of hydrogen-bond donors (Lipinski definition) is 0. The van der Waals surface area contributed by atoms with E-state index in [2.05, 4.69) is 144 Å². The third-order valence-corrected chi connectivity index (χ3v) is 9.93. The number of rotatable bonds is 1. The summed E-state index contributed by atoms with van der Waals surface area (Å²) in [6.07, 6.45) is 2.28. The number of imidazole rings is 1. The fourth-order valence-electron chi connectivity index (χ4n) is 7.21. The van der Waals surface area contributed by atoms with Gasteiger partial charge in [-0.1, -0.05) is 75.0 Å². The summed E-state index contributed by atoms with van der Waals surface area (Å²) in [4.78, 5) is 2.63. The summed E-state index contributed by atoms with van der Waals surface area (Å²) < 4.78 is 7.63. The standard InChI is InChI=1S/C35H27N3S/c1-34(2,3)22-17-19-23(20-18-22)37-28-14-9-16-30-32(28)38-31-26(12-8-15-29(31)39-30)35(33(37)38)25-11-5-4-10-24(25)27-13-6-7-21-36(27)35/h4-21H,1-3H3/q+2. The van der Waals surface area contributed by atoms with Crippen molar-refractivity contribution in [3.05, 3.63) is 132 Å². The van der Waals surface area contributed by atoms with Gasteiger partial charge in [-0.15, -0.1) is 0 Å². The summed E-state index contributed by atoms with van der Waals surface area (Å²) in [5, 5.41) is 0. The van der Waals surface area contributed by atoms with Crippen molar-refractivity contribution in [2.75, 3.05) is 0 Å². The van der Waals surface area contributed by atoms with Crippen molar-refractivity contribution in [3.8, 4) is 22.6 Å². The van der Waals surface area contributed by atoms with Gasteiger partial charge >= 0.3 is 11.4 Å². The van der Waals surface area contributed by atoms with Gasteiger partial charge in [-0.3, -0.25) is 0 Å². The molecule has 6 aromatic rings. The largest absolute Gasteiger partial charge is 0.352 e. The minimum atomic E-state index is -0.484. The average molecular weight is 522 g/mol. The van der Waals surface area contributed by atoms with Crippen LogP contribution in [0.25, 0.3) is 33.7 Å². The molecular formula is C35H27N3S+2. The van der Waals surface area contributed by atoms with E-state index < -0.39 is 5.54 Å². The minimum absolute atomic E-state index is 0.103. The van der Waals surface area contributed by atoms with Crippen LogP contribution in [0, 0.1) is 0 Å². The highest BCUT2D eigenvalue weighted by molar-refractivity contribution is 7.99. The first kappa shape index (κ1) is 21.7. The van der Waals surface area contributed by atoms with E-state index >= 15 is 0 Å². The highest BCUT2D eigenvalue weighted by Gasteiger charge is 2.68. The van der Waals surface area contributed by atoms with E-state index in [0.29, 0.717) is 0 Å². The normalized spacial score (nSPS) is 17.6. The Balaban J connectivity index is 1.51. The molecular weight excluding hydrogens is 494 g/mol. The Bertz CT molecular complexity index is 1980. The molecule has 0 aliphatic carbocycles. The van der Waals surface area contributed by atoms with Gasteiger partial charge in [0.2, 0.25) is 5.69 Å². The molecule has 186 valence electrons. The zero-order chi connectivity index (χ0) is 26.1. The second-order valence-electron chi connectivity index (χ2n) is 11.9. The maximum absolute atomic E-state index is 2.58. The lowest BCUT2D eigenvalue weighted by atomic mass is 9.83. The molecule has 9 rings (SSSR count). The van der Waals surface area contributed by atoms with Crippen molar-refractivity contribution in [1.82, 2.24) is 4.57 Å². The second-order valence-corrected chi connectivity index (χ2v) is 13.0. The lowest BCUT2D eigenvalue weighted by molar-refractivity contribution is -0.733. The summed E-state index contributed by atoms with van der Waals surface area (Å²) in [6.45, 7) is 6.84. The monoisotopic (exact) mass is 521 g/mol. The molecule has 4 aromatic carbocycles. The highest BCUT2D eigenvalue weighted by atomic mass is 32.2. The predicted octanol–water partition coefficient (Wildman–Crippen LogP) is 7.09. The molecule has 5 heterocycles. The van der Waals surface area contributed by atoms with Gasteiger partial charge in [-0.25, -0.2) is 0 Å². The zero-order valence-electron chi connectivity index (χ0n) is 22.1. The van der Waals surface area contributed by atoms with Crippen LogP contribution in [0.4, 0.5) is 0 Å². The smallest absolute Gasteiger partial charge is 0.185 e. The van der Waals surface area contributed by atoms with Crippen molar-refractivity contribution in [3.63, 3.8) is 0 Å². The molecule has 0 amide bonds. The maximum Gasteiger partial charge on any atom is 0.352 e. The zero-order valence-corrected chi connectivity index (χ0v) is 23.0. The Kier molecular flexibility index (Phi) is 3.95. The van der Waals surface area contributed by atoms with Crippen molar-refractivity contribution < 1.29 is 9.13 Å². The summed E-state index contributed by atoms with van der Waals surface area (Å²) >= 11 is 1.90. The minimum Gasteiger partial charge on any atom is -0.185 e. The molecule has 2 aromatic heterocycles. The van der Waals surface area contributed by atoms with Crippen LogP contribution >= 0.6 is 11.8 Å². The van der Waals surface area contributed by atoms with Crippen molar-refractivity contribution in [1.29, 1.82) is 0 Å². The molecule has 0 saturated carbocycles. The predicted molar refractivity (Wildman–Crippen MR) is 155 cm³/mol. The Morgan fingerprint density at radius 2 is 1.46 bits per heavy atom. The number of aromatic nitrogens is 3. The van der Waals surface area contributed by atoms with Crippen LogP contribution in [0.1, 0.15) is 43.3 Å². The van der Waals surface area contributed by atoms with Crippen LogP contribution in [0.5, 0.6) is 0 Å². The molecule has 3 aliphatic heterocycles. The molecule has 0 bridgehead atoms. The van der Waals surface area contributed by atoms with Crippen molar-refractivity contribution in [2.45, 2.75) is 41.5 Å². The van der Waals surface area contributed by atoms with E-state index in [9.17, 15) is 0 Å². The lowest BCUT2D eigenvalue weighted by Crippen LogP contribution is -2.57. The maximum atomic E-state index is 2.58. The van der Waals surface area contributed by atoms with Crippen LogP contribution in [0.3, 0.4) is 0 Å². The second kappa shape index (κ2) is 7.08. The van der Waals surface area contributed by atoms with Crippen LogP contribution in [0.15, 0.2) is 119 Å². The van der Waals surface area contributed by atoms with E-state index in [4.69, 9.17) is 0 Å². The number of para-hydroxylation sites is 2. The summed E-state index contributed by atoms with van der Waals surface area (Å²) in [5.41, 5.74) is 11.3. The van der Waals surface area contributed by atoms with E-state index in [1.54, 1.807) is 0 Å². The molecule has 1 unspecified atom stereocenters. The third-order valence-electron chi connectivity index (χ3n) is 8.83. The summed E-state index contributed by atoms with van der Waals surface area (Å²) in [5.74, 6) is 1.28. The van der Waals surface area contributed by atoms with Gasteiger partial charge in [0.15, 0.2) is 22.9 Å². The number of pyridine rings is 1. The lowest BCUT2D eigenvalue weighted by Gasteiger charge is -2.21. The first-order chi connectivity index (χ1) is 19.0. The molecule has 3 nitrogen and oxygen atoms in total. The van der Waals surface area contributed by atoms with E-state index in [1.807, 2.05) is 11.8 Å². The SMILES string of the molecule is CC(C)(C)c1ccc(-n2c3[n+]4c5c(cccc52)Sc2cccc(c2-4)C32c3ccccc3-c3cccc[n+]32)cc1. The van der Waals surface area contributed by atoms with Gasteiger partial charge in [0.05, 0.1) is 26.5 Å². The van der Waals surface area contributed by atoms with Gasteiger partial charge in [0, 0.05) is 12.1 Å². The Morgan fingerprint density at radius 3 is 2.31 bits per heavy atom. The molecule has 39 heavy (non-hydrogen) atoms. The Morgan fingerprint density at radius 1 is 0.718 bits per heavy atom. The third kappa shape index (κ3) is 2.47. The Hall–Kier alpha value is -4.15. The fraction of sp³-hybridized carbons (Fsp3) is 0.143. The summed E-state index contributed by atoms with van der Waals surface area (Å²) in [6, 6.07) is 38.5.